The molecule has 11 aromatic carbocycles. The largest absolute Gasteiger partial charge is 0.310 e. The van der Waals surface area contributed by atoms with E-state index >= 15 is 0 Å². The Labute approximate surface area is 492 Å². The van der Waals surface area contributed by atoms with Crippen molar-refractivity contribution in [3.63, 3.8) is 0 Å². The fourth-order valence-corrected chi connectivity index (χ4v) is 14.8. The van der Waals surface area contributed by atoms with Gasteiger partial charge in [-0.25, -0.2) is 0 Å². The van der Waals surface area contributed by atoms with Crippen LogP contribution in [0.15, 0.2) is 237 Å². The Kier molecular flexibility index (Phi) is 12.1. The molecule has 0 spiro atoms. The molecule has 0 unspecified atom stereocenters. The van der Waals surface area contributed by atoms with Gasteiger partial charge in [-0.2, -0.15) is 0 Å². The number of anilines is 6. The lowest BCUT2D eigenvalue weighted by Gasteiger charge is -2.46. The van der Waals surface area contributed by atoms with Crippen LogP contribution in [0.3, 0.4) is 0 Å². The quantitative estimate of drug-likeness (QED) is 0.133. The Morgan fingerprint density at radius 1 is 0.410 bits per heavy atom. The van der Waals surface area contributed by atoms with Gasteiger partial charge in [-0.15, -0.1) is 11.3 Å². The summed E-state index contributed by atoms with van der Waals surface area (Å²) in [5, 5.41) is 5.15. The van der Waals surface area contributed by atoms with Gasteiger partial charge in [-0.05, 0) is 146 Å². The van der Waals surface area contributed by atoms with Crippen LogP contribution in [0.1, 0.15) is 78.0 Å². The van der Waals surface area contributed by atoms with Crippen molar-refractivity contribution in [3.8, 4) is 39.1 Å². The molecule has 0 bridgehead atoms. The van der Waals surface area contributed by atoms with Gasteiger partial charge in [0.05, 0.1) is 22.4 Å². The summed E-state index contributed by atoms with van der Waals surface area (Å²) in [7, 11) is 0. The van der Waals surface area contributed by atoms with E-state index in [0.29, 0.717) is 0 Å². The molecule has 0 saturated carbocycles. The van der Waals surface area contributed by atoms with Crippen LogP contribution in [0.4, 0.5) is 34.1 Å². The number of nitrogens with zero attached hydrogens (tertiary/aromatic N) is 3. The van der Waals surface area contributed by atoms with Crippen LogP contribution in [0, 0.1) is 0 Å². The fraction of sp³-hybridized carbons (Fsp3) is 0.154. The van der Waals surface area contributed by atoms with Crippen molar-refractivity contribution in [2.24, 2.45) is 0 Å². The van der Waals surface area contributed by atoms with Crippen molar-refractivity contribution in [1.29, 1.82) is 0 Å². The average molecular weight is 1090 g/mol. The number of aromatic nitrogens is 1. The molecule has 0 amide bonds. The Balaban J connectivity index is 1.14. The number of para-hydroxylation sites is 2. The van der Waals surface area contributed by atoms with Gasteiger partial charge >= 0.3 is 0 Å². The summed E-state index contributed by atoms with van der Waals surface area (Å²) >= 11 is 1.92. The van der Waals surface area contributed by atoms with E-state index in [-0.39, 0.29) is 17.5 Å². The molecule has 2 aromatic heterocycles. The lowest BCUT2D eigenvalue weighted by molar-refractivity contribution is 0.590. The lowest BCUT2D eigenvalue weighted by atomic mass is 9.33. The minimum Gasteiger partial charge on any atom is -0.310 e. The minimum absolute atomic E-state index is 0.130. The van der Waals surface area contributed by atoms with Crippen LogP contribution in [-0.4, -0.2) is 11.3 Å². The third-order valence-corrected chi connectivity index (χ3v) is 19.0. The van der Waals surface area contributed by atoms with Gasteiger partial charge in [-0.3, -0.25) is 0 Å². The first-order valence-corrected chi connectivity index (χ1v) is 30.6. The summed E-state index contributed by atoms with van der Waals surface area (Å²) in [5.74, 6) is 0. The van der Waals surface area contributed by atoms with E-state index in [2.05, 4.69) is 299 Å². The Morgan fingerprint density at radius 2 is 0.952 bits per heavy atom. The number of benzene rings is 11. The number of hydrogen-bond donors (Lipinski definition) is 0. The van der Waals surface area contributed by atoms with Gasteiger partial charge < -0.3 is 14.4 Å². The number of hydrogen-bond acceptors (Lipinski definition) is 3. The maximum atomic E-state index is 2.75. The van der Waals surface area contributed by atoms with Crippen LogP contribution in [0.2, 0.25) is 0 Å². The summed E-state index contributed by atoms with van der Waals surface area (Å²) in [6.45, 7) is 16.5. The second-order valence-corrected chi connectivity index (χ2v) is 26.2. The molecule has 2 aliphatic heterocycles. The maximum Gasteiger partial charge on any atom is 0.252 e. The minimum atomic E-state index is -0.229. The van der Waals surface area contributed by atoms with Crippen molar-refractivity contribution in [3.05, 3.63) is 253 Å². The van der Waals surface area contributed by atoms with E-state index in [0.717, 1.165) is 24.9 Å². The smallest absolute Gasteiger partial charge is 0.252 e. The van der Waals surface area contributed by atoms with Gasteiger partial charge in [0.15, 0.2) is 0 Å². The monoisotopic (exact) mass is 1090 g/mol. The van der Waals surface area contributed by atoms with Gasteiger partial charge in [0.2, 0.25) is 0 Å². The maximum absolute atomic E-state index is 2.75. The highest BCUT2D eigenvalue weighted by atomic mass is 32.1. The molecule has 0 radical (unpaired) electrons. The molecule has 402 valence electrons. The second-order valence-electron chi connectivity index (χ2n) is 25.1. The van der Waals surface area contributed by atoms with Crippen molar-refractivity contribution >= 4 is 111 Å². The Bertz CT molecular complexity index is 4580. The molecule has 0 saturated heterocycles. The average Bonchev–Trinajstić information content (AvgIpc) is 1.05. The molecule has 5 heteroatoms. The topological polar surface area (TPSA) is 11.4 Å². The molecule has 0 N–H and O–H groups in total. The van der Waals surface area contributed by atoms with E-state index in [9.17, 15) is 0 Å². The van der Waals surface area contributed by atoms with Crippen LogP contribution in [0.5, 0.6) is 0 Å². The number of aryl methyl sites for hydroxylation is 1. The fourth-order valence-electron chi connectivity index (χ4n) is 13.7. The molecular formula is C78H66BN3S. The van der Waals surface area contributed by atoms with E-state index < -0.39 is 0 Å². The van der Waals surface area contributed by atoms with E-state index in [1.54, 1.807) is 0 Å². The van der Waals surface area contributed by atoms with Crippen LogP contribution < -0.4 is 26.2 Å². The highest BCUT2D eigenvalue weighted by Gasteiger charge is 2.46. The molecular weight excluding hydrogens is 1020 g/mol. The third-order valence-electron chi connectivity index (χ3n) is 17.9. The Hall–Kier alpha value is -8.90. The zero-order valence-corrected chi connectivity index (χ0v) is 49.3. The van der Waals surface area contributed by atoms with E-state index in [1.807, 2.05) is 11.3 Å². The number of thiophene rings is 1. The van der Waals surface area contributed by atoms with E-state index in [1.165, 1.54) is 143 Å². The lowest BCUT2D eigenvalue weighted by Crippen LogP contribution is -2.61. The first-order chi connectivity index (χ1) is 40.4. The highest BCUT2D eigenvalue weighted by Crippen LogP contribution is 2.55. The van der Waals surface area contributed by atoms with Crippen LogP contribution in [-0.2, 0) is 17.3 Å². The SMILES string of the molecule is CCCCc1ccc2sc3ccccc3c2c1N1c2ccc(-c3ccccc3)cc2B2c3ccc(-n4c5ccccc5c5ccccc54)cc3N(c3c(-c4ccccc4)cc(C(C)(C)C)cc3-c3ccccc3)c3cc(C(C)(C)C)cc1c32. The van der Waals surface area contributed by atoms with Gasteiger partial charge in [0.25, 0.3) is 6.71 Å². The van der Waals surface area contributed by atoms with Crippen LogP contribution >= 0.6 is 11.3 Å². The van der Waals surface area contributed by atoms with Crippen molar-refractivity contribution < 1.29 is 0 Å². The van der Waals surface area contributed by atoms with Crippen LogP contribution in [0.25, 0.3) is 81.0 Å². The molecule has 15 rings (SSSR count). The van der Waals surface area contributed by atoms with Gasteiger partial charge in [-0.1, -0.05) is 225 Å². The molecule has 2 aliphatic rings. The van der Waals surface area contributed by atoms with Gasteiger partial charge in [0, 0.05) is 70.5 Å². The molecule has 83 heavy (non-hydrogen) atoms. The number of fused-ring (bicyclic) bond motifs is 10. The summed E-state index contributed by atoms with van der Waals surface area (Å²) in [6, 6.07) is 90.3. The molecule has 0 aliphatic carbocycles. The third kappa shape index (κ3) is 8.29. The summed E-state index contributed by atoms with van der Waals surface area (Å²) in [4.78, 5) is 5.48. The van der Waals surface area contributed by atoms with Crippen molar-refractivity contribution in [2.45, 2.75) is 78.6 Å². The first kappa shape index (κ1) is 51.0. The summed E-state index contributed by atoms with van der Waals surface area (Å²) in [6.07, 6.45) is 3.19. The van der Waals surface area contributed by atoms with Crippen molar-refractivity contribution in [1.82, 2.24) is 4.57 Å². The van der Waals surface area contributed by atoms with Crippen molar-refractivity contribution in [2.75, 3.05) is 9.80 Å². The standard InChI is InChI=1S/C78H66BN3S/c1-8-9-25-53-39-43-72-73(60-34-21-24-37-71(60)83-72)75(53)81-67-42-38-54(50-26-13-10-14-27-50)44-64(67)79-63-41-40-57(80-65-35-22-19-32-58(65)59-33-20-23-36-66(59)80)49-68(63)82(70-48-56(78(5,6)7)47-69(81)74(70)79)76-61(51-28-15-11-16-29-51)45-55(77(2,3)4)46-62(76)52-30-17-12-18-31-52/h10-24,26-49H,8-9,25H2,1-7H3. The van der Waals surface area contributed by atoms with E-state index in [4.69, 9.17) is 0 Å². The zero-order valence-electron chi connectivity index (χ0n) is 48.5. The number of rotatable bonds is 9. The first-order valence-electron chi connectivity index (χ1n) is 29.8. The predicted molar refractivity (Wildman–Crippen MR) is 360 cm³/mol. The molecule has 4 heterocycles. The van der Waals surface area contributed by atoms with Gasteiger partial charge in [0.1, 0.15) is 0 Å². The molecule has 0 fully saturated rings. The molecule has 0 atom stereocenters. The second kappa shape index (κ2) is 19.6. The molecule has 3 nitrogen and oxygen atoms in total. The number of unbranched alkanes of at least 4 members (excludes halogenated alkanes) is 1. The molecule has 13 aromatic rings. The summed E-state index contributed by atoms with van der Waals surface area (Å²) in [5.41, 5.74) is 25.6. The predicted octanol–water partition coefficient (Wildman–Crippen LogP) is 20.2. The highest BCUT2D eigenvalue weighted by molar-refractivity contribution is 7.26. The summed E-state index contributed by atoms with van der Waals surface area (Å²) < 4.78 is 5.13. The zero-order chi connectivity index (χ0) is 56.3. The Morgan fingerprint density at radius 3 is 1.55 bits per heavy atom. The normalized spacial score (nSPS) is 13.1.